The SMILES string of the molecule is CC[C@H](Oc1ccccc1OC)C(=O)Nc1ccc(Cl)cc1Cl. The van der Waals surface area contributed by atoms with Crippen molar-refractivity contribution in [1.82, 2.24) is 0 Å². The number of carbonyl (C=O) groups excluding carboxylic acids is 1. The van der Waals surface area contributed by atoms with Crippen LogP contribution in [-0.4, -0.2) is 19.1 Å². The zero-order valence-electron chi connectivity index (χ0n) is 12.8. The standard InChI is InChI=1S/C17H17Cl2NO3/c1-3-14(23-16-7-5-4-6-15(16)22-2)17(21)20-13-9-8-11(18)10-12(13)19/h4-10,14H,3H2,1-2H3,(H,20,21)/t14-/m0/s1. The fourth-order valence-corrected chi connectivity index (χ4v) is 2.45. The predicted octanol–water partition coefficient (Wildman–Crippen LogP) is 4.80. The minimum Gasteiger partial charge on any atom is -0.493 e. The molecule has 0 saturated carbocycles. The van der Waals surface area contributed by atoms with Gasteiger partial charge in [-0.15, -0.1) is 0 Å². The summed E-state index contributed by atoms with van der Waals surface area (Å²) in [5.41, 5.74) is 0.489. The molecule has 2 aromatic carbocycles. The average molecular weight is 354 g/mol. The van der Waals surface area contributed by atoms with Gasteiger partial charge in [-0.1, -0.05) is 42.3 Å². The van der Waals surface area contributed by atoms with Gasteiger partial charge in [-0.2, -0.15) is 0 Å². The Morgan fingerprint density at radius 3 is 2.48 bits per heavy atom. The number of halogens is 2. The van der Waals surface area contributed by atoms with Crippen LogP contribution in [0, 0.1) is 0 Å². The van der Waals surface area contributed by atoms with Crippen LogP contribution in [0.4, 0.5) is 5.69 Å². The van der Waals surface area contributed by atoms with E-state index in [0.29, 0.717) is 33.7 Å². The first-order valence-electron chi connectivity index (χ1n) is 7.10. The summed E-state index contributed by atoms with van der Waals surface area (Å²) in [4.78, 5) is 12.4. The van der Waals surface area contributed by atoms with Gasteiger partial charge in [0, 0.05) is 5.02 Å². The molecule has 122 valence electrons. The molecule has 0 aromatic heterocycles. The Morgan fingerprint density at radius 1 is 1.17 bits per heavy atom. The summed E-state index contributed by atoms with van der Waals surface area (Å²) in [6.07, 6.45) is -0.173. The Bertz CT molecular complexity index is 691. The Hall–Kier alpha value is -1.91. The van der Waals surface area contributed by atoms with Crippen LogP contribution in [0.5, 0.6) is 11.5 Å². The van der Waals surface area contributed by atoms with Gasteiger partial charge >= 0.3 is 0 Å². The third-order valence-corrected chi connectivity index (χ3v) is 3.74. The third kappa shape index (κ3) is 4.53. The van der Waals surface area contributed by atoms with Crippen LogP contribution in [0.2, 0.25) is 10.0 Å². The second kappa shape index (κ2) is 8.09. The van der Waals surface area contributed by atoms with E-state index < -0.39 is 6.10 Å². The van der Waals surface area contributed by atoms with E-state index in [-0.39, 0.29) is 5.91 Å². The number of benzene rings is 2. The molecule has 0 aliphatic carbocycles. The zero-order chi connectivity index (χ0) is 16.8. The number of carbonyl (C=O) groups is 1. The van der Waals surface area contributed by atoms with Crippen molar-refractivity contribution in [2.75, 3.05) is 12.4 Å². The minimum absolute atomic E-state index is 0.289. The van der Waals surface area contributed by atoms with E-state index in [0.717, 1.165) is 0 Å². The summed E-state index contributed by atoms with van der Waals surface area (Å²) in [6, 6.07) is 12.1. The number of para-hydroxylation sites is 2. The van der Waals surface area contributed by atoms with Crippen molar-refractivity contribution in [3.63, 3.8) is 0 Å². The summed E-state index contributed by atoms with van der Waals surface area (Å²) in [5, 5.41) is 3.63. The second-order valence-corrected chi connectivity index (χ2v) is 5.62. The van der Waals surface area contributed by atoms with Crippen LogP contribution < -0.4 is 14.8 Å². The van der Waals surface area contributed by atoms with Crippen LogP contribution in [0.1, 0.15) is 13.3 Å². The van der Waals surface area contributed by atoms with Gasteiger partial charge in [0.25, 0.3) is 5.91 Å². The molecule has 0 aliphatic rings. The van der Waals surface area contributed by atoms with Crippen molar-refractivity contribution < 1.29 is 14.3 Å². The normalized spacial score (nSPS) is 11.7. The van der Waals surface area contributed by atoms with Crippen LogP contribution in [0.3, 0.4) is 0 Å². The van der Waals surface area contributed by atoms with Gasteiger partial charge in [0.05, 0.1) is 17.8 Å². The van der Waals surface area contributed by atoms with Gasteiger partial charge in [-0.3, -0.25) is 4.79 Å². The molecule has 0 bridgehead atoms. The Labute approximate surface area is 145 Å². The third-order valence-electron chi connectivity index (χ3n) is 3.19. The molecule has 1 N–H and O–H groups in total. The van der Waals surface area contributed by atoms with E-state index in [1.165, 1.54) is 0 Å². The Kier molecular flexibility index (Phi) is 6.13. The lowest BCUT2D eigenvalue weighted by atomic mass is 10.2. The van der Waals surface area contributed by atoms with Crippen molar-refractivity contribution in [2.45, 2.75) is 19.4 Å². The summed E-state index contributed by atoms with van der Waals surface area (Å²) in [6.45, 7) is 1.86. The molecule has 2 aromatic rings. The van der Waals surface area contributed by atoms with Crippen LogP contribution in [0.25, 0.3) is 0 Å². The highest BCUT2D eigenvalue weighted by Crippen LogP contribution is 2.29. The number of hydrogen-bond acceptors (Lipinski definition) is 3. The highest BCUT2D eigenvalue weighted by molar-refractivity contribution is 6.36. The van der Waals surface area contributed by atoms with Crippen LogP contribution in [0.15, 0.2) is 42.5 Å². The molecule has 6 heteroatoms. The Morgan fingerprint density at radius 2 is 1.87 bits per heavy atom. The van der Waals surface area contributed by atoms with Crippen molar-refractivity contribution in [3.05, 3.63) is 52.5 Å². The van der Waals surface area contributed by atoms with E-state index in [2.05, 4.69) is 5.32 Å². The number of anilines is 1. The Balaban J connectivity index is 2.12. The molecule has 0 aliphatic heterocycles. The number of methoxy groups -OCH3 is 1. The molecule has 0 spiro atoms. The summed E-state index contributed by atoms with van der Waals surface area (Å²) < 4.78 is 11.0. The van der Waals surface area contributed by atoms with Crippen molar-refractivity contribution in [2.24, 2.45) is 0 Å². The number of hydrogen-bond donors (Lipinski definition) is 1. The lowest BCUT2D eigenvalue weighted by molar-refractivity contribution is -0.122. The maximum Gasteiger partial charge on any atom is 0.265 e. The number of amides is 1. The molecule has 1 amide bonds. The van der Waals surface area contributed by atoms with E-state index in [1.807, 2.05) is 19.1 Å². The predicted molar refractivity (Wildman–Crippen MR) is 92.8 cm³/mol. The second-order valence-electron chi connectivity index (χ2n) is 4.78. The molecule has 2 rings (SSSR count). The molecule has 23 heavy (non-hydrogen) atoms. The monoisotopic (exact) mass is 353 g/mol. The van der Waals surface area contributed by atoms with Gasteiger partial charge in [0.15, 0.2) is 17.6 Å². The first-order chi connectivity index (χ1) is 11.0. The lowest BCUT2D eigenvalue weighted by Crippen LogP contribution is -2.32. The zero-order valence-corrected chi connectivity index (χ0v) is 14.3. The van der Waals surface area contributed by atoms with Crippen molar-refractivity contribution in [1.29, 1.82) is 0 Å². The smallest absolute Gasteiger partial charge is 0.265 e. The number of ether oxygens (including phenoxy) is 2. The quantitative estimate of drug-likeness (QED) is 0.811. The summed E-state index contributed by atoms with van der Waals surface area (Å²) in [7, 11) is 1.55. The largest absolute Gasteiger partial charge is 0.493 e. The summed E-state index contributed by atoms with van der Waals surface area (Å²) >= 11 is 11.9. The lowest BCUT2D eigenvalue weighted by Gasteiger charge is -2.19. The van der Waals surface area contributed by atoms with E-state index in [1.54, 1.807) is 37.4 Å². The molecule has 0 unspecified atom stereocenters. The fraction of sp³-hybridized carbons (Fsp3) is 0.235. The molecular weight excluding hydrogens is 337 g/mol. The molecule has 0 heterocycles. The van der Waals surface area contributed by atoms with Crippen molar-refractivity contribution >= 4 is 34.8 Å². The fourth-order valence-electron chi connectivity index (χ4n) is 2.00. The average Bonchev–Trinajstić information content (AvgIpc) is 2.55. The molecule has 4 nitrogen and oxygen atoms in total. The molecule has 0 fully saturated rings. The molecule has 0 saturated heterocycles. The van der Waals surface area contributed by atoms with Gasteiger partial charge < -0.3 is 14.8 Å². The van der Waals surface area contributed by atoms with Gasteiger partial charge in [0.1, 0.15) is 0 Å². The number of rotatable bonds is 6. The van der Waals surface area contributed by atoms with Gasteiger partial charge in [-0.25, -0.2) is 0 Å². The first kappa shape index (κ1) is 17.4. The van der Waals surface area contributed by atoms with Crippen molar-refractivity contribution in [3.8, 4) is 11.5 Å². The van der Waals surface area contributed by atoms with E-state index in [9.17, 15) is 4.79 Å². The molecule has 0 radical (unpaired) electrons. The molecule has 1 atom stereocenters. The van der Waals surface area contributed by atoms with E-state index in [4.69, 9.17) is 32.7 Å². The van der Waals surface area contributed by atoms with Crippen LogP contribution >= 0.6 is 23.2 Å². The maximum absolute atomic E-state index is 12.4. The topological polar surface area (TPSA) is 47.6 Å². The number of nitrogens with one attached hydrogen (secondary N) is 1. The first-order valence-corrected chi connectivity index (χ1v) is 7.86. The van der Waals surface area contributed by atoms with Crippen LogP contribution in [-0.2, 0) is 4.79 Å². The summed E-state index contributed by atoms with van der Waals surface area (Å²) in [5.74, 6) is 0.796. The minimum atomic E-state index is -0.668. The van der Waals surface area contributed by atoms with Gasteiger partial charge in [-0.05, 0) is 36.8 Å². The highest BCUT2D eigenvalue weighted by atomic mass is 35.5. The van der Waals surface area contributed by atoms with E-state index >= 15 is 0 Å². The van der Waals surface area contributed by atoms with Gasteiger partial charge in [0.2, 0.25) is 0 Å². The maximum atomic E-state index is 12.4. The molecular formula is C17H17Cl2NO3. The highest BCUT2D eigenvalue weighted by Gasteiger charge is 2.21.